The molecular formula is C20H23F3N4O2. The van der Waals surface area contributed by atoms with Crippen molar-refractivity contribution in [2.75, 3.05) is 6.54 Å². The number of nitrogens with one attached hydrogen (secondary N) is 2. The van der Waals surface area contributed by atoms with Crippen molar-refractivity contribution in [1.82, 2.24) is 20.4 Å². The summed E-state index contributed by atoms with van der Waals surface area (Å²) < 4.78 is 39.8. The van der Waals surface area contributed by atoms with Crippen LogP contribution >= 0.6 is 0 Å². The Morgan fingerprint density at radius 2 is 2.00 bits per heavy atom. The molecule has 2 aromatic rings. The molecule has 2 unspecified atom stereocenters. The number of nitrogens with zero attached hydrogens (tertiary/aromatic N) is 2. The molecule has 2 heterocycles. The van der Waals surface area contributed by atoms with Crippen molar-refractivity contribution in [3.8, 4) is 5.69 Å². The summed E-state index contributed by atoms with van der Waals surface area (Å²) in [5.41, 5.74) is 2.90. The number of piperidine rings is 1. The van der Waals surface area contributed by atoms with E-state index in [9.17, 15) is 22.8 Å². The van der Waals surface area contributed by atoms with E-state index >= 15 is 0 Å². The van der Waals surface area contributed by atoms with Crippen molar-refractivity contribution in [2.24, 2.45) is 5.92 Å². The van der Waals surface area contributed by atoms with Crippen molar-refractivity contribution in [1.29, 1.82) is 0 Å². The number of aromatic nitrogens is 2. The summed E-state index contributed by atoms with van der Waals surface area (Å²) in [5, 5.41) is 9.04. The zero-order valence-corrected chi connectivity index (χ0v) is 16.0. The Labute approximate surface area is 166 Å². The average Bonchev–Trinajstić information content (AvgIpc) is 3.05. The first-order valence-corrected chi connectivity index (χ1v) is 9.51. The van der Waals surface area contributed by atoms with Gasteiger partial charge in [-0.05, 0) is 50.3 Å². The Kier molecular flexibility index (Phi) is 6.24. The van der Waals surface area contributed by atoms with E-state index < -0.39 is 30.0 Å². The smallest absolute Gasteiger partial charge is 0.355 e. The van der Waals surface area contributed by atoms with Crippen LogP contribution in [0.25, 0.3) is 5.69 Å². The minimum absolute atomic E-state index is 0.106. The fraction of sp³-hybridized carbons (Fsp3) is 0.450. The first-order valence-electron chi connectivity index (χ1n) is 9.51. The lowest BCUT2D eigenvalue weighted by molar-refractivity contribution is -0.171. The average molecular weight is 408 g/mol. The summed E-state index contributed by atoms with van der Waals surface area (Å²) in [6.07, 6.45) is -1.62. The number of hydrogen-bond acceptors (Lipinski definition) is 3. The predicted octanol–water partition coefficient (Wildman–Crippen LogP) is 2.69. The number of benzene rings is 1. The lowest BCUT2D eigenvalue weighted by Gasteiger charge is -2.29. The molecule has 0 bridgehead atoms. The fourth-order valence-corrected chi connectivity index (χ4v) is 3.37. The van der Waals surface area contributed by atoms with Gasteiger partial charge in [-0.15, -0.1) is 0 Å². The van der Waals surface area contributed by atoms with Crippen molar-refractivity contribution >= 4 is 11.8 Å². The Morgan fingerprint density at radius 3 is 2.66 bits per heavy atom. The lowest BCUT2D eigenvalue weighted by atomic mass is 9.93. The number of amides is 2. The van der Waals surface area contributed by atoms with Gasteiger partial charge in [0.1, 0.15) is 12.0 Å². The molecule has 1 aromatic heterocycles. The fourth-order valence-electron chi connectivity index (χ4n) is 3.37. The highest BCUT2D eigenvalue weighted by molar-refractivity contribution is 6.00. The number of para-hydroxylation sites is 1. The summed E-state index contributed by atoms with van der Waals surface area (Å²) >= 11 is 0. The monoisotopic (exact) mass is 408 g/mol. The highest BCUT2D eigenvalue weighted by Gasteiger charge is 2.45. The van der Waals surface area contributed by atoms with Crippen LogP contribution in [0.15, 0.2) is 36.5 Å². The summed E-state index contributed by atoms with van der Waals surface area (Å²) in [6, 6.07) is 7.83. The van der Waals surface area contributed by atoms with Gasteiger partial charge < -0.3 is 10.6 Å². The Morgan fingerprint density at radius 1 is 1.28 bits per heavy atom. The maximum atomic E-state index is 12.7. The molecule has 2 N–H and O–H groups in total. The molecule has 0 spiro atoms. The molecule has 1 saturated heterocycles. The quantitative estimate of drug-likeness (QED) is 0.570. The van der Waals surface area contributed by atoms with Crippen LogP contribution in [0.3, 0.4) is 0 Å². The van der Waals surface area contributed by atoms with Crippen LogP contribution in [-0.4, -0.2) is 40.4 Å². The lowest BCUT2D eigenvalue weighted by Crippen LogP contribution is -2.54. The van der Waals surface area contributed by atoms with Crippen molar-refractivity contribution in [2.45, 2.75) is 44.8 Å². The number of carbonyl (C=O) groups is 2. The number of halogens is 3. The molecule has 1 aliphatic rings. The second-order valence-corrected chi connectivity index (χ2v) is 7.15. The van der Waals surface area contributed by atoms with Gasteiger partial charge in [-0.1, -0.05) is 18.2 Å². The molecule has 2 amide bonds. The highest BCUT2D eigenvalue weighted by Crippen LogP contribution is 2.28. The molecule has 6 nitrogen and oxygen atoms in total. The van der Waals surface area contributed by atoms with E-state index in [1.54, 1.807) is 4.68 Å². The van der Waals surface area contributed by atoms with Crippen LogP contribution in [0.2, 0.25) is 0 Å². The van der Waals surface area contributed by atoms with E-state index in [0.29, 0.717) is 19.4 Å². The van der Waals surface area contributed by atoms with Gasteiger partial charge in [0, 0.05) is 12.7 Å². The van der Waals surface area contributed by atoms with E-state index in [0.717, 1.165) is 16.9 Å². The first-order chi connectivity index (χ1) is 13.8. The zero-order valence-electron chi connectivity index (χ0n) is 16.0. The molecule has 1 aromatic carbocycles. The third-order valence-corrected chi connectivity index (χ3v) is 5.03. The number of hydrogen-bond donors (Lipinski definition) is 2. The Balaban J connectivity index is 1.46. The van der Waals surface area contributed by atoms with Gasteiger partial charge in [0.2, 0.25) is 11.8 Å². The SMILES string of the molecule is Cc1nn(-c2ccccc2)cc1CCCNC(=O)C1CCC(C(F)(F)F)NC1=O. The number of alkyl halides is 3. The van der Waals surface area contributed by atoms with Gasteiger partial charge in [0.15, 0.2) is 0 Å². The Hall–Kier alpha value is -2.84. The second-order valence-electron chi connectivity index (χ2n) is 7.15. The second kappa shape index (κ2) is 8.67. The predicted molar refractivity (Wildman–Crippen MR) is 100 cm³/mol. The van der Waals surface area contributed by atoms with Gasteiger partial charge >= 0.3 is 6.18 Å². The zero-order chi connectivity index (χ0) is 21.0. The molecule has 9 heteroatoms. The van der Waals surface area contributed by atoms with Gasteiger partial charge in [0.05, 0.1) is 11.4 Å². The standard InChI is InChI=1S/C20H23F3N4O2/c1-13-14(12-27(26-13)15-7-3-2-4-8-15)6-5-11-24-18(28)16-9-10-17(20(21,22)23)25-19(16)29/h2-4,7-8,12,16-17H,5-6,9-11H2,1H3,(H,24,28)(H,25,29). The van der Waals surface area contributed by atoms with Gasteiger partial charge in [-0.3, -0.25) is 9.59 Å². The molecule has 29 heavy (non-hydrogen) atoms. The Bertz CT molecular complexity index is 864. The summed E-state index contributed by atoms with van der Waals surface area (Å²) in [5.74, 6) is -2.47. The topological polar surface area (TPSA) is 76.0 Å². The third-order valence-electron chi connectivity index (χ3n) is 5.03. The van der Waals surface area contributed by atoms with E-state index in [4.69, 9.17) is 0 Å². The molecule has 0 radical (unpaired) electrons. The van der Waals surface area contributed by atoms with Gasteiger partial charge in [-0.25, -0.2) is 4.68 Å². The third kappa shape index (κ3) is 5.16. The normalized spacial score (nSPS) is 19.7. The molecule has 0 aliphatic carbocycles. The number of rotatable bonds is 6. The number of aryl methyl sites for hydroxylation is 2. The van der Waals surface area contributed by atoms with E-state index in [1.807, 2.05) is 48.8 Å². The van der Waals surface area contributed by atoms with Crippen LogP contribution in [0.5, 0.6) is 0 Å². The first kappa shape index (κ1) is 20.9. The van der Waals surface area contributed by atoms with E-state index in [-0.39, 0.29) is 12.8 Å². The molecule has 0 saturated carbocycles. The van der Waals surface area contributed by atoms with Crippen LogP contribution < -0.4 is 10.6 Å². The van der Waals surface area contributed by atoms with Crippen molar-refractivity contribution in [3.63, 3.8) is 0 Å². The maximum absolute atomic E-state index is 12.7. The van der Waals surface area contributed by atoms with Gasteiger partial charge in [0.25, 0.3) is 0 Å². The van der Waals surface area contributed by atoms with Gasteiger partial charge in [-0.2, -0.15) is 18.3 Å². The van der Waals surface area contributed by atoms with E-state index in [2.05, 4.69) is 10.4 Å². The minimum atomic E-state index is -4.49. The molecule has 2 atom stereocenters. The number of carbonyl (C=O) groups excluding carboxylic acids is 2. The van der Waals surface area contributed by atoms with Crippen molar-refractivity contribution < 1.29 is 22.8 Å². The molecule has 1 aliphatic heterocycles. The molecular weight excluding hydrogens is 385 g/mol. The van der Waals surface area contributed by atoms with Crippen LogP contribution in [0.4, 0.5) is 13.2 Å². The molecule has 156 valence electrons. The molecule has 1 fully saturated rings. The maximum Gasteiger partial charge on any atom is 0.408 e. The van der Waals surface area contributed by atoms with Crippen molar-refractivity contribution in [3.05, 3.63) is 47.8 Å². The van der Waals surface area contributed by atoms with E-state index in [1.165, 1.54) is 0 Å². The molecule has 3 rings (SSSR count). The summed E-state index contributed by atoms with van der Waals surface area (Å²) in [4.78, 5) is 24.0. The minimum Gasteiger partial charge on any atom is -0.355 e. The van der Waals surface area contributed by atoms with Crippen LogP contribution in [-0.2, 0) is 16.0 Å². The summed E-state index contributed by atoms with van der Waals surface area (Å²) in [7, 11) is 0. The summed E-state index contributed by atoms with van der Waals surface area (Å²) in [6.45, 7) is 2.25. The largest absolute Gasteiger partial charge is 0.408 e. The highest BCUT2D eigenvalue weighted by atomic mass is 19.4. The van der Waals surface area contributed by atoms with Crippen LogP contribution in [0.1, 0.15) is 30.5 Å². The van der Waals surface area contributed by atoms with Crippen LogP contribution in [0, 0.1) is 12.8 Å².